The fraction of sp³-hybridized carbons (Fsp3) is 0.483. The average molecular weight is 493 g/mol. The third-order valence-corrected chi connectivity index (χ3v) is 7.73. The monoisotopic (exact) mass is 492 g/mol. The molecule has 2 atom stereocenters. The third-order valence-electron chi connectivity index (χ3n) is 7.73. The molecular weight excluding hydrogens is 456 g/mol. The van der Waals surface area contributed by atoms with Crippen molar-refractivity contribution in [3.05, 3.63) is 71.3 Å². The Morgan fingerprint density at radius 1 is 1.08 bits per heavy atom. The van der Waals surface area contributed by atoms with Crippen molar-refractivity contribution in [1.82, 2.24) is 9.80 Å². The smallest absolute Gasteiger partial charge is 0.240 e. The number of methoxy groups -OCH3 is 1. The number of hydrogen-bond donors (Lipinski definition) is 1. The maximum atomic E-state index is 13.8. The van der Waals surface area contributed by atoms with Crippen LogP contribution in [0.3, 0.4) is 0 Å². The summed E-state index contributed by atoms with van der Waals surface area (Å²) >= 11 is 0. The Kier molecular flexibility index (Phi) is 8.21. The summed E-state index contributed by atoms with van der Waals surface area (Å²) in [5.74, 6) is -0.573. The predicted octanol–water partition coefficient (Wildman–Crippen LogP) is 3.39. The highest BCUT2D eigenvalue weighted by Crippen LogP contribution is 2.42. The molecule has 0 aliphatic carbocycles. The number of imide groups is 1. The minimum Gasteiger partial charge on any atom is -0.388 e. The van der Waals surface area contributed by atoms with Gasteiger partial charge in [-0.25, -0.2) is 0 Å². The number of hydrogen-bond acceptors (Lipinski definition) is 5. The largest absolute Gasteiger partial charge is 0.388 e. The van der Waals surface area contributed by atoms with Gasteiger partial charge >= 0.3 is 0 Å². The molecule has 2 aliphatic rings. The van der Waals surface area contributed by atoms with Crippen LogP contribution in [0.1, 0.15) is 54.9 Å². The van der Waals surface area contributed by atoms with E-state index in [-0.39, 0.29) is 43.0 Å². The van der Waals surface area contributed by atoms with Crippen LogP contribution in [0.2, 0.25) is 0 Å². The van der Waals surface area contributed by atoms with Crippen LogP contribution < -0.4 is 0 Å². The number of aliphatic hydroxyl groups is 1. The van der Waals surface area contributed by atoms with E-state index in [0.717, 1.165) is 16.7 Å². The molecule has 0 radical (unpaired) electrons. The van der Waals surface area contributed by atoms with Gasteiger partial charge in [-0.2, -0.15) is 0 Å². The number of rotatable bonds is 9. The van der Waals surface area contributed by atoms with Crippen LogP contribution in [0.4, 0.5) is 0 Å². The normalized spacial score (nSPS) is 21.8. The first-order valence-electron chi connectivity index (χ1n) is 12.8. The quantitative estimate of drug-likeness (QED) is 0.428. The molecule has 2 fully saturated rings. The lowest BCUT2D eigenvalue weighted by Crippen LogP contribution is -2.46. The second kappa shape index (κ2) is 11.4. The summed E-state index contributed by atoms with van der Waals surface area (Å²) < 4.78 is 5.10. The van der Waals surface area contributed by atoms with Gasteiger partial charge in [0.05, 0.1) is 11.5 Å². The third kappa shape index (κ3) is 5.22. The second-order valence-electron chi connectivity index (χ2n) is 10.0. The molecule has 0 spiro atoms. The number of carbonyl (C=O) groups excluding carboxylic acids is 3. The molecule has 192 valence electrons. The molecule has 3 amide bonds. The van der Waals surface area contributed by atoms with E-state index in [2.05, 4.69) is 0 Å². The van der Waals surface area contributed by atoms with Crippen molar-refractivity contribution in [2.24, 2.45) is 5.92 Å². The van der Waals surface area contributed by atoms with Crippen molar-refractivity contribution in [3.63, 3.8) is 0 Å². The van der Waals surface area contributed by atoms with E-state index in [1.165, 1.54) is 4.90 Å². The van der Waals surface area contributed by atoms with Gasteiger partial charge in [-0.15, -0.1) is 0 Å². The Bertz CT molecular complexity index is 1080. The van der Waals surface area contributed by atoms with E-state index in [4.69, 9.17) is 4.74 Å². The minimum atomic E-state index is -1.19. The van der Waals surface area contributed by atoms with Crippen LogP contribution in [-0.2, 0) is 24.5 Å². The molecule has 2 aromatic rings. The molecule has 4 rings (SSSR count). The van der Waals surface area contributed by atoms with Crippen molar-refractivity contribution in [2.45, 2.75) is 50.5 Å². The van der Waals surface area contributed by atoms with Gasteiger partial charge in [-0.05, 0) is 48.8 Å². The van der Waals surface area contributed by atoms with Crippen molar-refractivity contribution in [1.29, 1.82) is 0 Å². The molecule has 2 heterocycles. The predicted molar refractivity (Wildman–Crippen MR) is 136 cm³/mol. The van der Waals surface area contributed by atoms with E-state index in [1.54, 1.807) is 12.0 Å². The number of nitrogens with zero attached hydrogens (tertiary/aromatic N) is 2. The number of aryl methyl sites for hydroxylation is 1. The van der Waals surface area contributed by atoms with E-state index in [9.17, 15) is 19.5 Å². The van der Waals surface area contributed by atoms with Crippen molar-refractivity contribution in [3.8, 4) is 0 Å². The SMILES string of the molecule is COCCCN1C(=O)CC(CC(=O)N2CCC(C(O)c3ccccc3)CC2)(c2ccccc2C)C1=O. The Labute approximate surface area is 213 Å². The lowest BCUT2D eigenvalue weighted by atomic mass is 9.73. The molecule has 0 saturated carbocycles. The molecule has 2 aromatic carbocycles. The minimum absolute atomic E-state index is 0.00139. The first-order valence-corrected chi connectivity index (χ1v) is 12.8. The lowest BCUT2D eigenvalue weighted by Gasteiger charge is -2.36. The van der Waals surface area contributed by atoms with Gasteiger partial charge in [0.15, 0.2) is 0 Å². The zero-order valence-electron chi connectivity index (χ0n) is 21.2. The number of aliphatic hydroxyl groups excluding tert-OH is 1. The molecule has 7 heteroatoms. The second-order valence-corrected chi connectivity index (χ2v) is 10.0. The van der Waals surface area contributed by atoms with Crippen LogP contribution in [0.15, 0.2) is 54.6 Å². The Morgan fingerprint density at radius 3 is 2.42 bits per heavy atom. The number of benzene rings is 2. The highest BCUT2D eigenvalue weighted by atomic mass is 16.5. The van der Waals surface area contributed by atoms with Gasteiger partial charge < -0.3 is 14.7 Å². The van der Waals surface area contributed by atoms with Crippen LogP contribution in [-0.4, -0.2) is 66.0 Å². The van der Waals surface area contributed by atoms with Crippen molar-refractivity contribution in [2.75, 3.05) is 33.4 Å². The molecule has 2 aliphatic heterocycles. The van der Waals surface area contributed by atoms with Crippen LogP contribution >= 0.6 is 0 Å². The van der Waals surface area contributed by atoms with E-state index < -0.39 is 11.5 Å². The maximum absolute atomic E-state index is 13.8. The summed E-state index contributed by atoms with van der Waals surface area (Å²) in [6.07, 6.45) is 1.35. The van der Waals surface area contributed by atoms with E-state index in [1.807, 2.05) is 61.5 Å². The fourth-order valence-corrected chi connectivity index (χ4v) is 5.70. The van der Waals surface area contributed by atoms with Gasteiger partial charge in [0.1, 0.15) is 0 Å². The number of carbonyl (C=O) groups is 3. The number of amides is 3. The zero-order valence-corrected chi connectivity index (χ0v) is 21.2. The van der Waals surface area contributed by atoms with Gasteiger partial charge in [0, 0.05) is 46.2 Å². The summed E-state index contributed by atoms with van der Waals surface area (Å²) in [5.41, 5.74) is 1.35. The molecule has 0 aromatic heterocycles. The topological polar surface area (TPSA) is 87.2 Å². The summed E-state index contributed by atoms with van der Waals surface area (Å²) in [5, 5.41) is 10.8. The van der Waals surface area contributed by atoms with Gasteiger partial charge in [-0.3, -0.25) is 19.3 Å². The summed E-state index contributed by atoms with van der Waals surface area (Å²) in [7, 11) is 1.59. The molecule has 36 heavy (non-hydrogen) atoms. The van der Waals surface area contributed by atoms with Crippen LogP contribution in [0.25, 0.3) is 0 Å². The van der Waals surface area contributed by atoms with Gasteiger partial charge in [0.25, 0.3) is 0 Å². The van der Waals surface area contributed by atoms with Crippen LogP contribution in [0, 0.1) is 12.8 Å². The summed E-state index contributed by atoms with van der Waals surface area (Å²) in [4.78, 5) is 43.4. The first-order chi connectivity index (χ1) is 17.4. The number of likely N-dealkylation sites (tertiary alicyclic amines) is 2. The standard InChI is InChI=1S/C29H36N2O5/c1-21-9-6-7-12-24(21)29(20-26(33)31(28(29)35)15-8-18-36-2)19-25(32)30-16-13-23(14-17-30)27(34)22-10-4-3-5-11-22/h3-7,9-12,23,27,34H,8,13-20H2,1-2H3. The maximum Gasteiger partial charge on any atom is 0.240 e. The zero-order chi connectivity index (χ0) is 25.7. The Balaban J connectivity index is 1.50. The van der Waals surface area contributed by atoms with Crippen molar-refractivity contribution < 1.29 is 24.2 Å². The van der Waals surface area contributed by atoms with Gasteiger partial charge in [-0.1, -0.05) is 54.6 Å². The number of piperidine rings is 1. The molecule has 7 nitrogen and oxygen atoms in total. The fourth-order valence-electron chi connectivity index (χ4n) is 5.70. The Morgan fingerprint density at radius 2 is 1.75 bits per heavy atom. The van der Waals surface area contributed by atoms with E-state index in [0.29, 0.717) is 39.0 Å². The molecule has 2 saturated heterocycles. The highest BCUT2D eigenvalue weighted by Gasteiger charge is 2.54. The molecule has 1 N–H and O–H groups in total. The lowest BCUT2D eigenvalue weighted by molar-refractivity contribution is -0.143. The summed E-state index contributed by atoms with van der Waals surface area (Å²) in [6.45, 7) is 3.71. The number of ether oxygens (including phenoxy) is 1. The Hall–Kier alpha value is -3.03. The molecule has 0 bridgehead atoms. The van der Waals surface area contributed by atoms with E-state index >= 15 is 0 Å². The molecule has 2 unspecified atom stereocenters. The van der Waals surface area contributed by atoms with Gasteiger partial charge in [0.2, 0.25) is 17.7 Å². The first kappa shape index (κ1) is 26.0. The van der Waals surface area contributed by atoms with Crippen LogP contribution in [0.5, 0.6) is 0 Å². The molecular formula is C29H36N2O5. The highest BCUT2D eigenvalue weighted by molar-refractivity contribution is 6.11. The summed E-state index contributed by atoms with van der Waals surface area (Å²) in [6, 6.07) is 17.2. The van der Waals surface area contributed by atoms with Crippen molar-refractivity contribution >= 4 is 17.7 Å². The average Bonchev–Trinajstić information content (AvgIpc) is 3.13.